The van der Waals surface area contributed by atoms with Gasteiger partial charge in [0, 0.05) is 24.3 Å². The number of hydrogen-bond donors (Lipinski definition) is 2. The SMILES string of the molecule is CCN(CC)S(=O)(=O)c1cccc(C(=O)NNC(=O)c2cc(C(C)C)n(C(C)(C)C)n2)c1. The van der Waals surface area contributed by atoms with Gasteiger partial charge in [0.15, 0.2) is 5.69 Å². The number of sulfonamides is 1. The van der Waals surface area contributed by atoms with Crippen molar-refractivity contribution in [2.24, 2.45) is 0 Å². The molecule has 0 fully saturated rings. The van der Waals surface area contributed by atoms with E-state index in [0.29, 0.717) is 13.1 Å². The highest BCUT2D eigenvalue weighted by Crippen LogP contribution is 2.23. The molecule has 10 heteroatoms. The summed E-state index contributed by atoms with van der Waals surface area (Å²) in [5, 5.41) is 4.41. The fraction of sp³-hybridized carbons (Fsp3) is 0.500. The van der Waals surface area contributed by atoms with E-state index >= 15 is 0 Å². The minimum absolute atomic E-state index is 0.0191. The lowest BCUT2D eigenvalue weighted by molar-refractivity contribution is 0.0843. The van der Waals surface area contributed by atoms with Gasteiger partial charge in [-0.2, -0.15) is 9.40 Å². The van der Waals surface area contributed by atoms with Gasteiger partial charge < -0.3 is 0 Å². The van der Waals surface area contributed by atoms with Crippen LogP contribution in [0.3, 0.4) is 0 Å². The van der Waals surface area contributed by atoms with E-state index in [-0.39, 0.29) is 27.6 Å². The Bertz CT molecular complexity index is 1080. The normalized spacial score (nSPS) is 12.3. The summed E-state index contributed by atoms with van der Waals surface area (Å²) in [6.45, 7) is 14.2. The predicted octanol–water partition coefficient (Wildman–Crippen LogP) is 2.87. The van der Waals surface area contributed by atoms with E-state index in [1.54, 1.807) is 24.6 Å². The van der Waals surface area contributed by atoms with Gasteiger partial charge >= 0.3 is 0 Å². The average molecular weight is 464 g/mol. The molecule has 32 heavy (non-hydrogen) atoms. The van der Waals surface area contributed by atoms with E-state index in [9.17, 15) is 18.0 Å². The smallest absolute Gasteiger partial charge is 0.267 e. The van der Waals surface area contributed by atoms with Gasteiger partial charge in [-0.25, -0.2) is 8.42 Å². The maximum atomic E-state index is 12.7. The molecule has 2 aromatic rings. The van der Waals surface area contributed by atoms with E-state index in [2.05, 4.69) is 16.0 Å². The lowest BCUT2D eigenvalue weighted by Gasteiger charge is -2.23. The standard InChI is InChI=1S/C22H33N5O4S/c1-8-26(9-2)32(30,31)17-12-10-11-16(13-17)20(28)23-24-21(29)18-14-19(15(3)4)27(25-18)22(5,6)7/h10-15H,8-9H2,1-7H3,(H,23,28)(H,24,29). The zero-order valence-electron chi connectivity index (χ0n) is 19.8. The topological polar surface area (TPSA) is 113 Å². The third-order valence-electron chi connectivity index (χ3n) is 4.93. The molecule has 176 valence electrons. The van der Waals surface area contributed by atoms with Crippen molar-refractivity contribution in [2.45, 2.75) is 64.8 Å². The fourth-order valence-corrected chi connectivity index (χ4v) is 4.72. The Hall–Kier alpha value is -2.72. The van der Waals surface area contributed by atoms with Crippen molar-refractivity contribution in [3.63, 3.8) is 0 Å². The summed E-state index contributed by atoms with van der Waals surface area (Å²) < 4.78 is 28.5. The van der Waals surface area contributed by atoms with Gasteiger partial charge in [0.2, 0.25) is 10.0 Å². The van der Waals surface area contributed by atoms with Gasteiger partial charge in [-0.3, -0.25) is 25.1 Å². The predicted molar refractivity (Wildman–Crippen MR) is 123 cm³/mol. The van der Waals surface area contributed by atoms with Crippen molar-refractivity contribution in [1.29, 1.82) is 0 Å². The Labute approximate surface area is 190 Å². The Morgan fingerprint density at radius 3 is 2.16 bits per heavy atom. The van der Waals surface area contributed by atoms with Crippen LogP contribution in [0.15, 0.2) is 35.2 Å². The molecule has 0 aliphatic carbocycles. The molecule has 0 spiro atoms. The van der Waals surface area contributed by atoms with Gasteiger partial charge in [0.05, 0.1) is 10.4 Å². The summed E-state index contributed by atoms with van der Waals surface area (Å²) in [7, 11) is -3.70. The molecule has 1 aromatic carbocycles. The highest BCUT2D eigenvalue weighted by atomic mass is 32.2. The number of carbonyl (C=O) groups excluding carboxylic acids is 2. The van der Waals surface area contributed by atoms with Crippen LogP contribution in [0.1, 0.15) is 80.9 Å². The molecule has 0 bridgehead atoms. The molecular formula is C22H33N5O4S. The number of benzene rings is 1. The van der Waals surface area contributed by atoms with Crippen molar-refractivity contribution < 1.29 is 18.0 Å². The number of hydrogen-bond acceptors (Lipinski definition) is 5. The van der Waals surface area contributed by atoms with Crippen LogP contribution in [-0.4, -0.2) is 47.4 Å². The van der Waals surface area contributed by atoms with E-state index in [1.165, 1.54) is 28.6 Å². The highest BCUT2D eigenvalue weighted by molar-refractivity contribution is 7.89. The molecule has 0 unspecified atom stereocenters. The van der Waals surface area contributed by atoms with Crippen molar-refractivity contribution in [3.8, 4) is 0 Å². The molecule has 2 N–H and O–H groups in total. The van der Waals surface area contributed by atoms with Crippen LogP contribution in [0.25, 0.3) is 0 Å². The molecule has 2 amide bonds. The van der Waals surface area contributed by atoms with E-state index in [0.717, 1.165) is 5.69 Å². The summed E-state index contributed by atoms with van der Waals surface area (Å²) in [6, 6.07) is 7.41. The number of aromatic nitrogens is 2. The van der Waals surface area contributed by atoms with Gasteiger partial charge in [-0.15, -0.1) is 0 Å². The number of nitrogens with one attached hydrogen (secondary N) is 2. The number of rotatable bonds is 7. The summed E-state index contributed by atoms with van der Waals surface area (Å²) in [5.41, 5.74) is 5.58. The first-order valence-electron chi connectivity index (χ1n) is 10.6. The number of hydrazine groups is 1. The van der Waals surface area contributed by atoms with Crippen molar-refractivity contribution >= 4 is 21.8 Å². The maximum absolute atomic E-state index is 12.7. The van der Waals surface area contributed by atoms with Crippen molar-refractivity contribution in [2.75, 3.05) is 13.1 Å². The third-order valence-corrected chi connectivity index (χ3v) is 6.97. The summed E-state index contributed by atoms with van der Waals surface area (Å²) in [6.07, 6.45) is 0. The lowest BCUT2D eigenvalue weighted by Crippen LogP contribution is -2.42. The molecule has 9 nitrogen and oxygen atoms in total. The molecule has 0 radical (unpaired) electrons. The van der Waals surface area contributed by atoms with Crippen LogP contribution in [0, 0.1) is 0 Å². The van der Waals surface area contributed by atoms with Gasteiger partial charge in [0.1, 0.15) is 0 Å². The van der Waals surface area contributed by atoms with E-state index in [1.807, 2.05) is 34.6 Å². The van der Waals surface area contributed by atoms with Crippen LogP contribution in [0.4, 0.5) is 0 Å². The Kier molecular flexibility index (Phi) is 7.84. The second kappa shape index (κ2) is 9.83. The van der Waals surface area contributed by atoms with Crippen LogP contribution < -0.4 is 10.9 Å². The molecule has 0 saturated carbocycles. The van der Waals surface area contributed by atoms with Crippen LogP contribution >= 0.6 is 0 Å². The molecule has 1 aromatic heterocycles. The number of carbonyl (C=O) groups is 2. The summed E-state index contributed by atoms with van der Waals surface area (Å²) >= 11 is 0. The zero-order valence-corrected chi connectivity index (χ0v) is 20.6. The molecular weight excluding hydrogens is 430 g/mol. The lowest BCUT2D eigenvalue weighted by atomic mass is 10.1. The Balaban J connectivity index is 2.18. The Morgan fingerprint density at radius 1 is 1.06 bits per heavy atom. The highest BCUT2D eigenvalue weighted by Gasteiger charge is 2.25. The van der Waals surface area contributed by atoms with Crippen LogP contribution in [0.2, 0.25) is 0 Å². The van der Waals surface area contributed by atoms with Crippen LogP contribution in [-0.2, 0) is 15.6 Å². The first-order chi connectivity index (χ1) is 14.8. The maximum Gasteiger partial charge on any atom is 0.290 e. The largest absolute Gasteiger partial charge is 0.290 e. The zero-order chi connectivity index (χ0) is 24.3. The number of nitrogens with zero attached hydrogens (tertiary/aromatic N) is 3. The van der Waals surface area contributed by atoms with Gasteiger partial charge in [0.25, 0.3) is 11.8 Å². The minimum atomic E-state index is -3.70. The molecule has 0 atom stereocenters. The minimum Gasteiger partial charge on any atom is -0.267 e. The monoisotopic (exact) mass is 463 g/mol. The van der Waals surface area contributed by atoms with Gasteiger partial charge in [-0.1, -0.05) is 33.8 Å². The van der Waals surface area contributed by atoms with Gasteiger partial charge in [-0.05, 0) is 51.0 Å². The molecule has 0 aliphatic heterocycles. The van der Waals surface area contributed by atoms with E-state index < -0.39 is 21.8 Å². The molecule has 0 saturated heterocycles. The van der Waals surface area contributed by atoms with Crippen molar-refractivity contribution in [3.05, 3.63) is 47.3 Å². The van der Waals surface area contributed by atoms with Crippen LogP contribution in [0.5, 0.6) is 0 Å². The summed E-state index contributed by atoms with van der Waals surface area (Å²) in [4.78, 5) is 25.2. The average Bonchev–Trinajstić information content (AvgIpc) is 3.19. The molecule has 2 rings (SSSR count). The van der Waals surface area contributed by atoms with Crippen molar-refractivity contribution in [1.82, 2.24) is 24.9 Å². The second-order valence-corrected chi connectivity index (χ2v) is 10.7. The molecule has 0 aliphatic rings. The first kappa shape index (κ1) is 25.5. The first-order valence-corrected chi connectivity index (χ1v) is 12.1. The second-order valence-electron chi connectivity index (χ2n) is 8.72. The van der Waals surface area contributed by atoms with E-state index in [4.69, 9.17) is 0 Å². The third kappa shape index (κ3) is 5.55. The Morgan fingerprint density at radius 2 is 1.66 bits per heavy atom. The summed E-state index contributed by atoms with van der Waals surface area (Å²) in [5.74, 6) is -1.03. The number of amides is 2. The fourth-order valence-electron chi connectivity index (χ4n) is 3.22. The quantitative estimate of drug-likeness (QED) is 0.613. The molecule has 1 heterocycles.